The monoisotopic (exact) mass is 255 g/mol. The van der Waals surface area contributed by atoms with Gasteiger partial charge in [0.25, 0.3) is 5.91 Å². The van der Waals surface area contributed by atoms with Crippen LogP contribution in [0.25, 0.3) is 0 Å². The number of amides is 1. The molecule has 3 nitrogen and oxygen atoms in total. The lowest BCUT2D eigenvalue weighted by atomic mass is 9.86. The highest BCUT2D eigenvalue weighted by Crippen LogP contribution is 2.22. The molecule has 0 aliphatic carbocycles. The largest absolute Gasteiger partial charge is 0.388 e. The molecule has 4 heteroatoms. The van der Waals surface area contributed by atoms with Crippen LogP contribution in [-0.4, -0.2) is 22.2 Å². The van der Waals surface area contributed by atoms with E-state index in [9.17, 15) is 9.90 Å². The van der Waals surface area contributed by atoms with Crippen molar-refractivity contribution < 1.29 is 9.90 Å². The predicted molar refractivity (Wildman–Crippen MR) is 69.3 cm³/mol. The predicted octanol–water partition coefficient (Wildman–Crippen LogP) is 2.62. The van der Waals surface area contributed by atoms with E-state index >= 15 is 0 Å². The first-order valence-corrected chi connectivity index (χ1v) is 5.82. The second kappa shape index (κ2) is 4.67. The zero-order valence-electron chi connectivity index (χ0n) is 10.5. The van der Waals surface area contributed by atoms with Crippen LogP contribution >= 0.6 is 11.6 Å². The molecular weight excluding hydrogens is 238 g/mol. The maximum absolute atomic E-state index is 12.0. The molecule has 0 aromatic heterocycles. The van der Waals surface area contributed by atoms with E-state index in [1.165, 1.54) is 0 Å². The Bertz CT molecular complexity index is 422. The first-order chi connectivity index (χ1) is 7.65. The maximum Gasteiger partial charge on any atom is 0.253 e. The molecule has 1 aromatic rings. The Kier molecular flexibility index (Phi) is 3.84. The molecule has 0 heterocycles. The molecule has 0 saturated heterocycles. The Balaban J connectivity index is 2.92. The van der Waals surface area contributed by atoms with E-state index in [0.717, 1.165) is 0 Å². The molecule has 0 aliphatic heterocycles. The van der Waals surface area contributed by atoms with Crippen LogP contribution in [0.1, 0.15) is 38.1 Å². The topological polar surface area (TPSA) is 49.3 Å². The minimum atomic E-state index is -1.02. The van der Waals surface area contributed by atoms with Crippen molar-refractivity contribution in [1.29, 1.82) is 0 Å². The van der Waals surface area contributed by atoms with E-state index in [-0.39, 0.29) is 5.91 Å². The normalized spacial score (nSPS) is 12.4. The second-order valence-electron chi connectivity index (χ2n) is 5.12. The third-order valence-corrected chi connectivity index (χ3v) is 3.40. The Morgan fingerprint density at radius 3 is 2.24 bits per heavy atom. The maximum atomic E-state index is 12.0. The Labute approximate surface area is 107 Å². The minimum Gasteiger partial charge on any atom is -0.388 e. The fourth-order valence-electron chi connectivity index (χ4n) is 1.15. The van der Waals surface area contributed by atoms with Gasteiger partial charge >= 0.3 is 0 Å². The van der Waals surface area contributed by atoms with Gasteiger partial charge in [0.1, 0.15) is 0 Å². The third-order valence-electron chi connectivity index (χ3n) is 3.07. The lowest BCUT2D eigenvalue weighted by molar-refractivity contribution is -0.00292. The molecule has 17 heavy (non-hydrogen) atoms. The van der Waals surface area contributed by atoms with Crippen LogP contribution in [0.4, 0.5) is 0 Å². The van der Waals surface area contributed by atoms with Gasteiger partial charge in [0.15, 0.2) is 0 Å². The van der Waals surface area contributed by atoms with Gasteiger partial charge in [-0.05, 0) is 39.8 Å². The molecule has 0 aliphatic rings. The summed E-state index contributed by atoms with van der Waals surface area (Å²) in [6.07, 6.45) is 0. The SMILES string of the molecule is CC(C)(O)C(C)(C)NC(=O)c1ccccc1Cl. The number of hydrogen-bond acceptors (Lipinski definition) is 2. The van der Waals surface area contributed by atoms with E-state index in [0.29, 0.717) is 10.6 Å². The highest BCUT2D eigenvalue weighted by Gasteiger charge is 2.36. The van der Waals surface area contributed by atoms with E-state index in [1.54, 1.807) is 52.0 Å². The molecule has 2 N–H and O–H groups in total. The molecule has 0 saturated carbocycles. The third kappa shape index (κ3) is 3.20. The molecule has 1 amide bonds. The average molecular weight is 256 g/mol. The van der Waals surface area contributed by atoms with Gasteiger partial charge in [0.2, 0.25) is 0 Å². The fourth-order valence-corrected chi connectivity index (χ4v) is 1.37. The van der Waals surface area contributed by atoms with Crippen molar-refractivity contribution in [2.45, 2.75) is 38.8 Å². The minimum absolute atomic E-state index is 0.289. The first kappa shape index (κ1) is 14.0. The van der Waals surface area contributed by atoms with Crippen LogP contribution in [0.5, 0.6) is 0 Å². The first-order valence-electron chi connectivity index (χ1n) is 5.44. The van der Waals surface area contributed by atoms with E-state index in [1.807, 2.05) is 0 Å². The summed E-state index contributed by atoms with van der Waals surface area (Å²) in [5, 5.41) is 13.1. The van der Waals surface area contributed by atoms with Crippen molar-refractivity contribution in [1.82, 2.24) is 5.32 Å². The summed E-state index contributed by atoms with van der Waals surface area (Å²) in [4.78, 5) is 12.0. The highest BCUT2D eigenvalue weighted by atomic mass is 35.5. The zero-order valence-corrected chi connectivity index (χ0v) is 11.3. The van der Waals surface area contributed by atoms with Crippen LogP contribution in [0.3, 0.4) is 0 Å². The highest BCUT2D eigenvalue weighted by molar-refractivity contribution is 6.33. The molecule has 0 spiro atoms. The van der Waals surface area contributed by atoms with Crippen LogP contribution in [0, 0.1) is 0 Å². The summed E-state index contributed by atoms with van der Waals surface area (Å²) >= 11 is 5.94. The van der Waals surface area contributed by atoms with Gasteiger partial charge in [-0.25, -0.2) is 0 Å². The number of carbonyl (C=O) groups is 1. The van der Waals surface area contributed by atoms with Crippen LogP contribution in [0.2, 0.25) is 5.02 Å². The molecule has 94 valence electrons. The van der Waals surface area contributed by atoms with Crippen LogP contribution in [0.15, 0.2) is 24.3 Å². The Hall–Kier alpha value is -1.06. The summed E-state index contributed by atoms with van der Waals surface area (Å²) < 4.78 is 0. The standard InChI is InChI=1S/C13H18ClNO2/c1-12(2,13(3,4)17)15-11(16)9-7-5-6-8-10(9)14/h5-8,17H,1-4H3,(H,15,16). The summed E-state index contributed by atoms with van der Waals surface area (Å²) in [7, 11) is 0. The average Bonchev–Trinajstić information content (AvgIpc) is 2.15. The molecule has 0 radical (unpaired) electrons. The van der Waals surface area contributed by atoms with Crippen molar-refractivity contribution >= 4 is 17.5 Å². The number of aliphatic hydroxyl groups is 1. The summed E-state index contributed by atoms with van der Waals surface area (Å²) in [5.41, 5.74) is -1.36. The van der Waals surface area contributed by atoms with Gasteiger partial charge in [0, 0.05) is 0 Å². The zero-order chi connectivity index (χ0) is 13.3. The molecule has 1 rings (SSSR count). The van der Waals surface area contributed by atoms with Gasteiger partial charge in [-0.15, -0.1) is 0 Å². The summed E-state index contributed by atoms with van der Waals surface area (Å²) in [6.45, 7) is 6.84. The van der Waals surface area contributed by atoms with Crippen molar-refractivity contribution in [3.63, 3.8) is 0 Å². The van der Waals surface area contributed by atoms with E-state index in [4.69, 9.17) is 11.6 Å². The van der Waals surface area contributed by atoms with E-state index in [2.05, 4.69) is 5.32 Å². The molecule has 0 fully saturated rings. The van der Waals surface area contributed by atoms with Gasteiger partial charge < -0.3 is 10.4 Å². The molecule has 0 atom stereocenters. The second-order valence-corrected chi connectivity index (χ2v) is 5.53. The number of benzene rings is 1. The van der Waals surface area contributed by atoms with Crippen molar-refractivity contribution in [3.05, 3.63) is 34.9 Å². The molecule has 0 bridgehead atoms. The van der Waals surface area contributed by atoms with Gasteiger partial charge in [0.05, 0.1) is 21.7 Å². The van der Waals surface area contributed by atoms with Gasteiger partial charge in [-0.1, -0.05) is 23.7 Å². The molecule has 0 unspecified atom stereocenters. The number of hydrogen-bond donors (Lipinski definition) is 2. The summed E-state index contributed by atoms with van der Waals surface area (Å²) in [6, 6.07) is 6.82. The lowest BCUT2D eigenvalue weighted by Crippen LogP contribution is -2.57. The number of nitrogens with one attached hydrogen (secondary N) is 1. The van der Waals surface area contributed by atoms with Crippen molar-refractivity contribution in [2.24, 2.45) is 0 Å². The fraction of sp³-hybridized carbons (Fsp3) is 0.462. The lowest BCUT2D eigenvalue weighted by Gasteiger charge is -2.38. The Morgan fingerprint density at radius 1 is 1.24 bits per heavy atom. The molecule has 1 aromatic carbocycles. The van der Waals surface area contributed by atoms with Gasteiger partial charge in [-0.3, -0.25) is 4.79 Å². The van der Waals surface area contributed by atoms with Crippen molar-refractivity contribution in [3.8, 4) is 0 Å². The summed E-state index contributed by atoms with van der Waals surface area (Å²) in [5.74, 6) is -0.289. The van der Waals surface area contributed by atoms with Crippen LogP contribution in [-0.2, 0) is 0 Å². The van der Waals surface area contributed by atoms with Crippen molar-refractivity contribution in [2.75, 3.05) is 0 Å². The molecular formula is C13H18ClNO2. The van der Waals surface area contributed by atoms with Gasteiger partial charge in [-0.2, -0.15) is 0 Å². The van der Waals surface area contributed by atoms with E-state index < -0.39 is 11.1 Å². The quantitative estimate of drug-likeness (QED) is 0.872. The van der Waals surface area contributed by atoms with Crippen LogP contribution < -0.4 is 5.32 Å². The Morgan fingerprint density at radius 2 is 1.76 bits per heavy atom. The number of rotatable bonds is 3. The number of carbonyl (C=O) groups excluding carboxylic acids is 1. The smallest absolute Gasteiger partial charge is 0.253 e. The number of halogens is 1.